The van der Waals surface area contributed by atoms with Crippen molar-refractivity contribution in [3.8, 4) is 5.75 Å². The molecular formula is C14H17BrO3. The summed E-state index contributed by atoms with van der Waals surface area (Å²) in [5.41, 5.74) is 2.09. The molecule has 18 heavy (non-hydrogen) atoms. The van der Waals surface area contributed by atoms with Crippen molar-refractivity contribution in [1.29, 1.82) is 0 Å². The van der Waals surface area contributed by atoms with Gasteiger partial charge < -0.3 is 9.84 Å². The summed E-state index contributed by atoms with van der Waals surface area (Å²) in [6, 6.07) is 5.79. The molecule has 0 aliphatic carbocycles. The molecular weight excluding hydrogens is 296 g/mol. The summed E-state index contributed by atoms with van der Waals surface area (Å²) >= 11 is 3.44. The Morgan fingerprint density at radius 3 is 2.72 bits per heavy atom. The van der Waals surface area contributed by atoms with Crippen LogP contribution in [0, 0.1) is 0 Å². The molecule has 0 saturated carbocycles. The van der Waals surface area contributed by atoms with Crippen LogP contribution in [0.3, 0.4) is 0 Å². The number of methoxy groups -OCH3 is 1. The highest BCUT2D eigenvalue weighted by Gasteiger charge is 2.06. The lowest BCUT2D eigenvalue weighted by atomic mass is 10.00. The van der Waals surface area contributed by atoms with E-state index in [0.717, 1.165) is 34.2 Å². The summed E-state index contributed by atoms with van der Waals surface area (Å²) < 4.78 is 6.05. The van der Waals surface area contributed by atoms with E-state index in [1.165, 1.54) is 0 Å². The number of carboxylic acid groups (broad SMARTS) is 1. The Morgan fingerprint density at radius 2 is 2.22 bits per heavy atom. The number of allylic oxidation sites excluding steroid dienone is 1. The van der Waals surface area contributed by atoms with Gasteiger partial charge in [-0.15, -0.1) is 0 Å². The van der Waals surface area contributed by atoms with Gasteiger partial charge in [-0.2, -0.15) is 0 Å². The van der Waals surface area contributed by atoms with Crippen molar-refractivity contribution in [3.63, 3.8) is 0 Å². The summed E-state index contributed by atoms with van der Waals surface area (Å²) in [6.45, 7) is 2.08. The van der Waals surface area contributed by atoms with Gasteiger partial charge in [0.25, 0.3) is 0 Å². The quantitative estimate of drug-likeness (QED) is 0.859. The second-order valence-corrected chi connectivity index (χ2v) is 4.78. The third kappa shape index (κ3) is 4.18. The molecule has 98 valence electrons. The Labute approximate surface area is 116 Å². The predicted octanol–water partition coefficient (Wildman–Crippen LogP) is 4.12. The normalized spacial score (nSPS) is 11.4. The number of hydrogen-bond acceptors (Lipinski definition) is 2. The van der Waals surface area contributed by atoms with E-state index < -0.39 is 5.97 Å². The van der Waals surface area contributed by atoms with Crippen molar-refractivity contribution < 1.29 is 14.6 Å². The number of halogens is 1. The molecule has 0 aromatic heterocycles. The van der Waals surface area contributed by atoms with Crippen molar-refractivity contribution in [2.75, 3.05) is 7.11 Å². The van der Waals surface area contributed by atoms with Crippen LogP contribution in [-0.2, 0) is 4.79 Å². The molecule has 0 bridgehead atoms. The van der Waals surface area contributed by atoms with E-state index in [0.29, 0.717) is 0 Å². The van der Waals surface area contributed by atoms with E-state index in [9.17, 15) is 4.79 Å². The molecule has 3 nitrogen and oxygen atoms in total. The number of ether oxygens (including phenoxy) is 1. The molecule has 0 aliphatic rings. The maximum absolute atomic E-state index is 10.6. The number of benzene rings is 1. The summed E-state index contributed by atoms with van der Waals surface area (Å²) in [6.07, 6.45) is 3.68. The van der Waals surface area contributed by atoms with Gasteiger partial charge in [0.2, 0.25) is 0 Å². The van der Waals surface area contributed by atoms with Crippen LogP contribution in [0.4, 0.5) is 0 Å². The topological polar surface area (TPSA) is 46.5 Å². The molecule has 0 saturated heterocycles. The van der Waals surface area contributed by atoms with Gasteiger partial charge in [0.1, 0.15) is 5.75 Å². The smallest absolute Gasteiger partial charge is 0.307 e. The van der Waals surface area contributed by atoms with Crippen LogP contribution in [0.25, 0.3) is 5.57 Å². The van der Waals surface area contributed by atoms with E-state index in [4.69, 9.17) is 9.84 Å². The summed E-state index contributed by atoms with van der Waals surface area (Å²) in [5.74, 6) is -0.0380. The van der Waals surface area contributed by atoms with Crippen molar-refractivity contribution in [3.05, 3.63) is 34.3 Å². The molecule has 0 fully saturated rings. The van der Waals surface area contributed by atoms with Crippen LogP contribution >= 0.6 is 15.9 Å². The van der Waals surface area contributed by atoms with Crippen LogP contribution in [0.5, 0.6) is 5.75 Å². The van der Waals surface area contributed by atoms with E-state index >= 15 is 0 Å². The zero-order valence-electron chi connectivity index (χ0n) is 10.6. The highest BCUT2D eigenvalue weighted by atomic mass is 79.9. The third-order valence-corrected chi connectivity index (χ3v) is 3.18. The van der Waals surface area contributed by atoms with Crippen LogP contribution < -0.4 is 4.74 Å². The predicted molar refractivity (Wildman–Crippen MR) is 75.8 cm³/mol. The van der Waals surface area contributed by atoms with Gasteiger partial charge >= 0.3 is 5.97 Å². The fourth-order valence-corrected chi connectivity index (χ4v) is 2.25. The molecule has 0 amide bonds. The fourth-order valence-electron chi connectivity index (χ4n) is 1.71. The molecule has 0 aliphatic heterocycles. The molecule has 0 heterocycles. The van der Waals surface area contributed by atoms with E-state index in [2.05, 4.69) is 22.9 Å². The first-order chi connectivity index (χ1) is 8.58. The Kier molecular flexibility index (Phi) is 5.92. The van der Waals surface area contributed by atoms with Gasteiger partial charge in [-0.3, -0.25) is 4.79 Å². The highest BCUT2D eigenvalue weighted by molar-refractivity contribution is 9.10. The van der Waals surface area contributed by atoms with Gasteiger partial charge in [0.15, 0.2) is 0 Å². The lowest BCUT2D eigenvalue weighted by molar-refractivity contribution is -0.135. The fraction of sp³-hybridized carbons (Fsp3) is 0.357. The van der Waals surface area contributed by atoms with Gasteiger partial charge in [0, 0.05) is 0 Å². The molecule has 0 radical (unpaired) electrons. The average Bonchev–Trinajstić information content (AvgIpc) is 2.34. The van der Waals surface area contributed by atoms with Gasteiger partial charge in [0.05, 0.1) is 18.0 Å². The number of carbonyl (C=O) groups is 1. The SMILES string of the molecule is CCC/C(=C\CC(=O)O)c1ccc(OC)c(Br)c1. The highest BCUT2D eigenvalue weighted by Crippen LogP contribution is 2.30. The van der Waals surface area contributed by atoms with Crippen LogP contribution in [0.2, 0.25) is 0 Å². The molecule has 1 rings (SSSR count). The standard InChI is InChI=1S/C14H17BrO3/c1-3-4-10(6-8-14(16)17)11-5-7-13(18-2)12(15)9-11/h5-7,9H,3-4,8H2,1-2H3,(H,16,17)/b10-6+. The largest absolute Gasteiger partial charge is 0.496 e. The molecule has 0 spiro atoms. The second kappa shape index (κ2) is 7.21. The Bertz CT molecular complexity index is 452. The van der Waals surface area contributed by atoms with Crippen LogP contribution in [0.1, 0.15) is 31.7 Å². The van der Waals surface area contributed by atoms with Crippen LogP contribution in [-0.4, -0.2) is 18.2 Å². The Morgan fingerprint density at radius 1 is 1.50 bits per heavy atom. The molecule has 1 N–H and O–H groups in total. The molecule has 1 aromatic rings. The second-order valence-electron chi connectivity index (χ2n) is 3.93. The van der Waals surface area contributed by atoms with E-state index in [-0.39, 0.29) is 6.42 Å². The lowest BCUT2D eigenvalue weighted by Gasteiger charge is -2.09. The van der Waals surface area contributed by atoms with Gasteiger partial charge in [-0.25, -0.2) is 0 Å². The monoisotopic (exact) mass is 312 g/mol. The van der Waals surface area contributed by atoms with Gasteiger partial charge in [-0.1, -0.05) is 25.5 Å². The maximum atomic E-state index is 10.6. The first-order valence-corrected chi connectivity index (χ1v) is 6.62. The summed E-state index contributed by atoms with van der Waals surface area (Å²) in [7, 11) is 1.62. The average molecular weight is 313 g/mol. The minimum Gasteiger partial charge on any atom is -0.496 e. The third-order valence-electron chi connectivity index (χ3n) is 2.57. The first-order valence-electron chi connectivity index (χ1n) is 5.83. The maximum Gasteiger partial charge on any atom is 0.307 e. The molecule has 0 unspecified atom stereocenters. The minimum atomic E-state index is -0.809. The zero-order valence-corrected chi connectivity index (χ0v) is 12.2. The number of carboxylic acids is 1. The van der Waals surface area contributed by atoms with E-state index in [1.54, 1.807) is 13.2 Å². The van der Waals surface area contributed by atoms with Crippen molar-refractivity contribution in [2.45, 2.75) is 26.2 Å². The zero-order chi connectivity index (χ0) is 13.5. The summed E-state index contributed by atoms with van der Waals surface area (Å²) in [5, 5.41) is 8.74. The first kappa shape index (κ1) is 14.8. The molecule has 1 aromatic carbocycles. The number of hydrogen-bond donors (Lipinski definition) is 1. The van der Waals surface area contributed by atoms with Gasteiger partial charge in [-0.05, 0) is 45.6 Å². The van der Waals surface area contributed by atoms with Crippen molar-refractivity contribution in [1.82, 2.24) is 0 Å². The van der Waals surface area contributed by atoms with Crippen LogP contribution in [0.15, 0.2) is 28.7 Å². The number of aliphatic carboxylic acids is 1. The Hall–Kier alpha value is -1.29. The van der Waals surface area contributed by atoms with Crippen molar-refractivity contribution >= 4 is 27.5 Å². The van der Waals surface area contributed by atoms with E-state index in [1.807, 2.05) is 18.2 Å². The number of rotatable bonds is 6. The lowest BCUT2D eigenvalue weighted by Crippen LogP contribution is -1.93. The molecule has 0 atom stereocenters. The minimum absolute atomic E-state index is 0.0545. The van der Waals surface area contributed by atoms with Crippen molar-refractivity contribution in [2.24, 2.45) is 0 Å². The molecule has 4 heteroatoms. The summed E-state index contributed by atoms with van der Waals surface area (Å²) in [4.78, 5) is 10.6. The Balaban J connectivity index is 3.02.